The summed E-state index contributed by atoms with van der Waals surface area (Å²) in [6.45, 7) is 4.50. The molecule has 0 aromatic carbocycles. The lowest BCUT2D eigenvalue weighted by Crippen LogP contribution is -2.20. The minimum atomic E-state index is -3.90. The number of rotatable bonds is 16. The molecule has 162 valence electrons. The van der Waals surface area contributed by atoms with Gasteiger partial charge in [0.05, 0.1) is 12.7 Å². The third-order valence-corrected chi connectivity index (χ3v) is 6.51. The van der Waals surface area contributed by atoms with Gasteiger partial charge in [0.25, 0.3) is 0 Å². The Balaban J connectivity index is 1.92. The number of unbranched alkanes of at least 4 members (excludes halogenated alkanes) is 11. The predicted octanol–water partition coefficient (Wildman–Crippen LogP) is 6.31. The highest BCUT2D eigenvalue weighted by molar-refractivity contribution is 7.47. The Kier molecular flexibility index (Phi) is 14.8. The maximum absolute atomic E-state index is 12.1. The molecule has 1 fully saturated rings. The summed E-state index contributed by atoms with van der Waals surface area (Å²) >= 11 is 0. The van der Waals surface area contributed by atoms with Crippen molar-refractivity contribution in [2.75, 3.05) is 26.7 Å². The standard InChI is InChI=1S/C21H44NO4P/c1-3-4-5-6-7-8-9-10-11-12-13-14-20-25-27(23,24)26-21-16-15-18-22(2)19-17-21/h21H,3-20H2,1-2H3,(H,23,24). The molecule has 1 heterocycles. The van der Waals surface area contributed by atoms with Gasteiger partial charge in [-0.1, -0.05) is 77.6 Å². The highest BCUT2D eigenvalue weighted by atomic mass is 31.2. The molecule has 1 N–H and O–H groups in total. The maximum Gasteiger partial charge on any atom is 0.472 e. The second-order valence-corrected chi connectivity index (χ2v) is 9.56. The first-order valence-electron chi connectivity index (χ1n) is 11.4. The Hall–Kier alpha value is 0.0700. The summed E-state index contributed by atoms with van der Waals surface area (Å²) in [4.78, 5) is 12.1. The maximum atomic E-state index is 12.1. The van der Waals surface area contributed by atoms with E-state index in [-0.39, 0.29) is 6.10 Å². The van der Waals surface area contributed by atoms with Crippen LogP contribution in [0.3, 0.4) is 0 Å². The minimum absolute atomic E-state index is 0.159. The molecule has 2 unspecified atom stereocenters. The first-order chi connectivity index (χ1) is 13.0. The summed E-state index contributed by atoms with van der Waals surface area (Å²) in [5.74, 6) is 0. The van der Waals surface area contributed by atoms with Crippen molar-refractivity contribution in [3.8, 4) is 0 Å². The molecule has 0 aliphatic carbocycles. The molecular formula is C21H44NO4P. The molecular weight excluding hydrogens is 361 g/mol. The Morgan fingerprint density at radius 2 is 1.44 bits per heavy atom. The van der Waals surface area contributed by atoms with Crippen LogP contribution >= 0.6 is 7.82 Å². The molecule has 0 spiro atoms. The van der Waals surface area contributed by atoms with Crippen molar-refractivity contribution >= 4 is 7.82 Å². The van der Waals surface area contributed by atoms with Crippen LogP contribution in [0.1, 0.15) is 103 Å². The Labute approximate surface area is 167 Å². The Morgan fingerprint density at radius 1 is 0.889 bits per heavy atom. The molecule has 2 atom stereocenters. The fourth-order valence-corrected chi connectivity index (χ4v) is 4.66. The van der Waals surface area contributed by atoms with Crippen LogP contribution in [0.25, 0.3) is 0 Å². The van der Waals surface area contributed by atoms with Crippen LogP contribution in [0.2, 0.25) is 0 Å². The average Bonchev–Trinajstić information content (AvgIpc) is 2.83. The van der Waals surface area contributed by atoms with Gasteiger partial charge in [0.1, 0.15) is 0 Å². The summed E-state index contributed by atoms with van der Waals surface area (Å²) in [5.41, 5.74) is 0. The second kappa shape index (κ2) is 15.9. The number of hydrogen-bond donors (Lipinski definition) is 1. The van der Waals surface area contributed by atoms with Crippen molar-refractivity contribution in [3.63, 3.8) is 0 Å². The molecule has 27 heavy (non-hydrogen) atoms. The number of phosphoric ester groups is 1. The SMILES string of the molecule is CCCCCCCCCCCCCCOP(=O)(O)OC1CCCN(C)CC1. The summed E-state index contributed by atoms with van der Waals surface area (Å²) in [5, 5.41) is 0. The van der Waals surface area contributed by atoms with E-state index in [1.54, 1.807) is 0 Å². The molecule has 0 bridgehead atoms. The van der Waals surface area contributed by atoms with E-state index in [2.05, 4.69) is 18.9 Å². The highest BCUT2D eigenvalue weighted by Crippen LogP contribution is 2.46. The summed E-state index contributed by atoms with van der Waals surface area (Å²) in [7, 11) is -1.83. The monoisotopic (exact) mass is 405 g/mol. The zero-order valence-corrected chi connectivity index (χ0v) is 18.8. The molecule has 6 heteroatoms. The number of phosphoric acid groups is 1. The molecule has 1 rings (SSSR count). The van der Waals surface area contributed by atoms with Gasteiger partial charge in [0.15, 0.2) is 0 Å². The van der Waals surface area contributed by atoms with Gasteiger partial charge in [-0.3, -0.25) is 9.05 Å². The summed E-state index contributed by atoms with van der Waals surface area (Å²) < 4.78 is 22.6. The van der Waals surface area contributed by atoms with Gasteiger partial charge in [-0.2, -0.15) is 0 Å². The fraction of sp³-hybridized carbons (Fsp3) is 1.00. The van der Waals surface area contributed by atoms with E-state index >= 15 is 0 Å². The molecule has 5 nitrogen and oxygen atoms in total. The normalized spacial score (nSPS) is 21.1. The molecule has 0 aromatic heterocycles. The Bertz CT molecular complexity index is 394. The largest absolute Gasteiger partial charge is 0.472 e. The van der Waals surface area contributed by atoms with E-state index < -0.39 is 7.82 Å². The fourth-order valence-electron chi connectivity index (χ4n) is 3.66. The van der Waals surface area contributed by atoms with Crippen molar-refractivity contribution in [2.45, 2.75) is 109 Å². The predicted molar refractivity (Wildman–Crippen MR) is 113 cm³/mol. The smallest absolute Gasteiger partial charge is 0.306 e. The molecule has 0 amide bonds. The zero-order valence-electron chi connectivity index (χ0n) is 17.9. The van der Waals surface area contributed by atoms with Crippen LogP contribution in [0.4, 0.5) is 0 Å². The van der Waals surface area contributed by atoms with Crippen molar-refractivity contribution in [1.82, 2.24) is 4.90 Å². The number of nitrogens with zero attached hydrogens (tertiary/aromatic N) is 1. The van der Waals surface area contributed by atoms with E-state index in [0.29, 0.717) is 6.61 Å². The van der Waals surface area contributed by atoms with Crippen LogP contribution in [0.15, 0.2) is 0 Å². The first kappa shape index (κ1) is 25.1. The van der Waals surface area contributed by atoms with E-state index in [4.69, 9.17) is 9.05 Å². The van der Waals surface area contributed by atoms with E-state index in [9.17, 15) is 9.46 Å². The molecule has 0 radical (unpaired) electrons. The van der Waals surface area contributed by atoms with Crippen molar-refractivity contribution in [2.24, 2.45) is 0 Å². The van der Waals surface area contributed by atoms with Crippen LogP contribution in [-0.2, 0) is 13.6 Å². The minimum Gasteiger partial charge on any atom is -0.306 e. The summed E-state index contributed by atoms with van der Waals surface area (Å²) in [6, 6.07) is 0. The lowest BCUT2D eigenvalue weighted by atomic mass is 10.1. The van der Waals surface area contributed by atoms with E-state index in [0.717, 1.165) is 45.2 Å². The highest BCUT2D eigenvalue weighted by Gasteiger charge is 2.27. The van der Waals surface area contributed by atoms with Crippen LogP contribution in [0.5, 0.6) is 0 Å². The van der Waals surface area contributed by atoms with Gasteiger partial charge < -0.3 is 9.79 Å². The van der Waals surface area contributed by atoms with E-state index in [1.165, 1.54) is 64.2 Å². The van der Waals surface area contributed by atoms with Crippen LogP contribution in [0, 0.1) is 0 Å². The Morgan fingerprint density at radius 3 is 2.04 bits per heavy atom. The quantitative estimate of drug-likeness (QED) is 0.241. The lowest BCUT2D eigenvalue weighted by Gasteiger charge is -2.19. The van der Waals surface area contributed by atoms with Crippen LogP contribution < -0.4 is 0 Å². The number of hydrogen-bond acceptors (Lipinski definition) is 4. The van der Waals surface area contributed by atoms with Gasteiger partial charge in [0.2, 0.25) is 0 Å². The van der Waals surface area contributed by atoms with Gasteiger partial charge in [0, 0.05) is 6.54 Å². The first-order valence-corrected chi connectivity index (χ1v) is 12.9. The molecule has 1 aliphatic heterocycles. The molecule has 1 saturated heterocycles. The van der Waals surface area contributed by atoms with Gasteiger partial charge in [-0.25, -0.2) is 4.57 Å². The third-order valence-electron chi connectivity index (χ3n) is 5.43. The van der Waals surface area contributed by atoms with Crippen molar-refractivity contribution < 1.29 is 18.5 Å². The topological polar surface area (TPSA) is 59.0 Å². The second-order valence-electron chi connectivity index (χ2n) is 8.15. The van der Waals surface area contributed by atoms with Gasteiger partial charge in [-0.05, 0) is 39.3 Å². The van der Waals surface area contributed by atoms with E-state index in [1.807, 2.05) is 0 Å². The molecule has 1 aliphatic rings. The average molecular weight is 406 g/mol. The van der Waals surface area contributed by atoms with Crippen LogP contribution in [-0.4, -0.2) is 42.6 Å². The lowest BCUT2D eigenvalue weighted by molar-refractivity contribution is 0.0948. The van der Waals surface area contributed by atoms with Crippen molar-refractivity contribution in [1.29, 1.82) is 0 Å². The zero-order chi connectivity index (χ0) is 19.8. The van der Waals surface area contributed by atoms with Gasteiger partial charge >= 0.3 is 7.82 Å². The number of likely N-dealkylation sites (tertiary alicyclic amines) is 1. The van der Waals surface area contributed by atoms with Gasteiger partial charge in [-0.15, -0.1) is 0 Å². The molecule has 0 saturated carbocycles. The third kappa shape index (κ3) is 14.7. The van der Waals surface area contributed by atoms with Crippen molar-refractivity contribution in [3.05, 3.63) is 0 Å². The molecule has 0 aromatic rings. The summed E-state index contributed by atoms with van der Waals surface area (Å²) in [6.07, 6.45) is 17.7.